The summed E-state index contributed by atoms with van der Waals surface area (Å²) in [7, 11) is 1.94. The molecule has 0 aliphatic heterocycles. The van der Waals surface area contributed by atoms with E-state index in [0.717, 1.165) is 17.9 Å². The normalized spacial score (nSPS) is 10.2. The van der Waals surface area contributed by atoms with Gasteiger partial charge in [-0.2, -0.15) is 0 Å². The van der Waals surface area contributed by atoms with Gasteiger partial charge >= 0.3 is 0 Å². The number of aromatic nitrogens is 3. The van der Waals surface area contributed by atoms with E-state index in [1.165, 1.54) is 0 Å². The van der Waals surface area contributed by atoms with E-state index < -0.39 is 0 Å². The lowest BCUT2D eigenvalue weighted by atomic mass is 10.2. The average Bonchev–Trinajstić information content (AvgIpc) is 2.40. The van der Waals surface area contributed by atoms with Gasteiger partial charge in [-0.25, -0.2) is 4.98 Å². The van der Waals surface area contributed by atoms with Gasteiger partial charge in [-0.1, -0.05) is 0 Å². The molecule has 17 heavy (non-hydrogen) atoms. The first-order valence-electron chi connectivity index (χ1n) is 5.31. The number of anilines is 1. The van der Waals surface area contributed by atoms with E-state index in [-0.39, 0.29) is 6.61 Å². The molecule has 2 rings (SSSR count). The van der Waals surface area contributed by atoms with Gasteiger partial charge in [0.1, 0.15) is 5.82 Å². The van der Waals surface area contributed by atoms with Crippen LogP contribution in [0.15, 0.2) is 36.9 Å². The number of rotatable bonds is 4. The summed E-state index contributed by atoms with van der Waals surface area (Å²) in [6.07, 6.45) is 6.77. The molecule has 1 N–H and O–H groups in total. The molecule has 0 aromatic carbocycles. The summed E-state index contributed by atoms with van der Waals surface area (Å²) in [6.45, 7) is 0.635. The number of hydrogen-bond donors (Lipinski definition) is 1. The van der Waals surface area contributed by atoms with Gasteiger partial charge in [-0.05, 0) is 17.7 Å². The Morgan fingerprint density at radius 2 is 1.94 bits per heavy atom. The fourth-order valence-electron chi connectivity index (χ4n) is 1.50. The molecule has 2 aromatic heterocycles. The summed E-state index contributed by atoms with van der Waals surface area (Å²) in [4.78, 5) is 14.3. The van der Waals surface area contributed by atoms with Gasteiger partial charge in [0.15, 0.2) is 0 Å². The van der Waals surface area contributed by atoms with Crippen LogP contribution in [0.3, 0.4) is 0 Å². The van der Waals surface area contributed by atoms with Crippen LogP contribution in [0, 0.1) is 0 Å². The van der Waals surface area contributed by atoms with Crippen molar-refractivity contribution in [1.82, 2.24) is 15.0 Å². The standard InChI is InChI=1S/C12H14N4O/c1-16(8-10-2-4-13-5-3-10)12-7-14-6-11(9-17)15-12/h2-7,17H,8-9H2,1H3. The molecule has 2 heterocycles. The highest BCUT2D eigenvalue weighted by Gasteiger charge is 2.04. The Morgan fingerprint density at radius 3 is 2.65 bits per heavy atom. The Bertz CT molecular complexity index is 475. The summed E-state index contributed by atoms with van der Waals surface area (Å²) in [5.74, 6) is 0.744. The summed E-state index contributed by atoms with van der Waals surface area (Å²) >= 11 is 0. The Labute approximate surface area is 99.8 Å². The average molecular weight is 230 g/mol. The van der Waals surface area contributed by atoms with E-state index >= 15 is 0 Å². The molecule has 2 aromatic rings. The van der Waals surface area contributed by atoms with Crippen LogP contribution in [0.2, 0.25) is 0 Å². The Hall–Kier alpha value is -2.01. The molecule has 0 saturated heterocycles. The van der Waals surface area contributed by atoms with Crippen LogP contribution in [0.5, 0.6) is 0 Å². The van der Waals surface area contributed by atoms with E-state index in [9.17, 15) is 0 Å². The minimum atomic E-state index is -0.0933. The van der Waals surface area contributed by atoms with Gasteiger partial charge in [-0.15, -0.1) is 0 Å². The van der Waals surface area contributed by atoms with Gasteiger partial charge in [0.25, 0.3) is 0 Å². The highest BCUT2D eigenvalue weighted by molar-refractivity contribution is 5.36. The van der Waals surface area contributed by atoms with Crippen LogP contribution < -0.4 is 4.90 Å². The SMILES string of the molecule is CN(Cc1ccncc1)c1cncc(CO)n1. The van der Waals surface area contributed by atoms with Crippen molar-refractivity contribution in [2.24, 2.45) is 0 Å². The van der Waals surface area contributed by atoms with Crippen LogP contribution in [-0.2, 0) is 13.2 Å². The molecule has 0 unspecified atom stereocenters. The van der Waals surface area contributed by atoms with Gasteiger partial charge in [0, 0.05) is 26.0 Å². The first kappa shape index (κ1) is 11.5. The molecule has 0 radical (unpaired) electrons. The smallest absolute Gasteiger partial charge is 0.147 e. The molecule has 0 fully saturated rings. The first-order valence-corrected chi connectivity index (χ1v) is 5.31. The maximum atomic E-state index is 9.00. The van der Waals surface area contributed by atoms with Crippen molar-refractivity contribution in [1.29, 1.82) is 0 Å². The molecular weight excluding hydrogens is 216 g/mol. The maximum Gasteiger partial charge on any atom is 0.147 e. The van der Waals surface area contributed by atoms with E-state index in [0.29, 0.717) is 5.69 Å². The summed E-state index contributed by atoms with van der Waals surface area (Å²) in [6, 6.07) is 3.92. The molecule has 0 spiro atoms. The summed E-state index contributed by atoms with van der Waals surface area (Å²) in [5, 5.41) is 9.00. The second kappa shape index (κ2) is 5.36. The zero-order valence-electron chi connectivity index (χ0n) is 9.61. The van der Waals surface area contributed by atoms with E-state index in [4.69, 9.17) is 5.11 Å². The predicted molar refractivity (Wildman–Crippen MR) is 64.3 cm³/mol. The monoisotopic (exact) mass is 230 g/mol. The lowest BCUT2D eigenvalue weighted by Crippen LogP contribution is -2.18. The van der Waals surface area contributed by atoms with Gasteiger partial charge < -0.3 is 10.0 Å². The Balaban J connectivity index is 2.11. The first-order chi connectivity index (χ1) is 8.29. The van der Waals surface area contributed by atoms with Gasteiger partial charge in [-0.3, -0.25) is 9.97 Å². The summed E-state index contributed by atoms with van der Waals surface area (Å²) < 4.78 is 0. The molecule has 0 aliphatic rings. The number of aliphatic hydroxyl groups is 1. The van der Waals surface area contributed by atoms with Crippen molar-refractivity contribution in [3.8, 4) is 0 Å². The van der Waals surface area contributed by atoms with Gasteiger partial charge in [0.2, 0.25) is 0 Å². The molecule has 5 nitrogen and oxygen atoms in total. The molecule has 0 saturated carbocycles. The third kappa shape index (κ3) is 2.98. The maximum absolute atomic E-state index is 9.00. The largest absolute Gasteiger partial charge is 0.390 e. The number of aliphatic hydroxyl groups excluding tert-OH is 1. The lowest BCUT2D eigenvalue weighted by molar-refractivity contribution is 0.276. The fourth-order valence-corrected chi connectivity index (χ4v) is 1.50. The number of hydrogen-bond acceptors (Lipinski definition) is 5. The topological polar surface area (TPSA) is 62.1 Å². The minimum absolute atomic E-state index is 0.0933. The van der Waals surface area contributed by atoms with Crippen molar-refractivity contribution in [3.05, 3.63) is 48.2 Å². The zero-order chi connectivity index (χ0) is 12.1. The fraction of sp³-hybridized carbons (Fsp3) is 0.250. The van der Waals surface area contributed by atoms with Crippen molar-refractivity contribution in [2.75, 3.05) is 11.9 Å². The second-order valence-corrected chi connectivity index (χ2v) is 3.74. The molecular formula is C12H14N4O. The quantitative estimate of drug-likeness (QED) is 0.849. The van der Waals surface area contributed by atoms with Crippen molar-refractivity contribution in [3.63, 3.8) is 0 Å². The highest BCUT2D eigenvalue weighted by Crippen LogP contribution is 2.11. The van der Waals surface area contributed by atoms with E-state index in [2.05, 4.69) is 15.0 Å². The third-order valence-corrected chi connectivity index (χ3v) is 2.39. The molecule has 0 atom stereocenters. The number of pyridine rings is 1. The van der Waals surface area contributed by atoms with Gasteiger partial charge in [0.05, 0.1) is 24.7 Å². The minimum Gasteiger partial charge on any atom is -0.390 e. The Morgan fingerprint density at radius 1 is 1.18 bits per heavy atom. The second-order valence-electron chi connectivity index (χ2n) is 3.74. The molecule has 5 heteroatoms. The van der Waals surface area contributed by atoms with Crippen LogP contribution in [-0.4, -0.2) is 27.1 Å². The zero-order valence-corrected chi connectivity index (χ0v) is 9.61. The molecule has 0 bridgehead atoms. The lowest BCUT2D eigenvalue weighted by Gasteiger charge is -2.18. The number of nitrogens with zero attached hydrogens (tertiary/aromatic N) is 4. The summed E-state index contributed by atoms with van der Waals surface area (Å²) in [5.41, 5.74) is 1.72. The predicted octanol–water partition coefficient (Wildman–Crippen LogP) is 1.00. The molecule has 88 valence electrons. The molecule has 0 amide bonds. The molecule has 0 aliphatic carbocycles. The van der Waals surface area contributed by atoms with Crippen molar-refractivity contribution >= 4 is 5.82 Å². The third-order valence-electron chi connectivity index (χ3n) is 2.39. The van der Waals surface area contributed by atoms with E-state index in [1.807, 2.05) is 24.1 Å². The van der Waals surface area contributed by atoms with E-state index in [1.54, 1.807) is 24.8 Å². The van der Waals surface area contributed by atoms with Crippen molar-refractivity contribution < 1.29 is 5.11 Å². The van der Waals surface area contributed by atoms with Crippen LogP contribution in [0.25, 0.3) is 0 Å². The highest BCUT2D eigenvalue weighted by atomic mass is 16.3. The van der Waals surface area contributed by atoms with Crippen LogP contribution in [0.1, 0.15) is 11.3 Å². The van der Waals surface area contributed by atoms with Crippen LogP contribution >= 0.6 is 0 Å². The van der Waals surface area contributed by atoms with Crippen molar-refractivity contribution in [2.45, 2.75) is 13.2 Å². The Kier molecular flexibility index (Phi) is 3.62. The van der Waals surface area contributed by atoms with Crippen LogP contribution in [0.4, 0.5) is 5.82 Å².